The fourth-order valence-corrected chi connectivity index (χ4v) is 3.35. The summed E-state index contributed by atoms with van der Waals surface area (Å²) in [4.78, 5) is 2.49. The van der Waals surface area contributed by atoms with Gasteiger partial charge < -0.3 is 10.5 Å². The second kappa shape index (κ2) is 6.72. The highest BCUT2D eigenvalue weighted by atomic mass is 16.5. The molecular weight excluding hydrogens is 212 g/mol. The van der Waals surface area contributed by atoms with Crippen LogP contribution in [0.3, 0.4) is 0 Å². The summed E-state index contributed by atoms with van der Waals surface area (Å²) < 4.78 is 5.14. The van der Waals surface area contributed by atoms with Gasteiger partial charge in [0.25, 0.3) is 0 Å². The van der Waals surface area contributed by atoms with Crippen LogP contribution < -0.4 is 5.73 Å². The SMILES string of the molecule is COCCCN(C)C1(CN)CC(C)CCC1C. The van der Waals surface area contributed by atoms with Gasteiger partial charge in [0.2, 0.25) is 0 Å². The van der Waals surface area contributed by atoms with E-state index < -0.39 is 0 Å². The molecule has 0 aliphatic heterocycles. The predicted molar refractivity (Wildman–Crippen MR) is 73.1 cm³/mol. The van der Waals surface area contributed by atoms with Crippen LogP contribution in [0.5, 0.6) is 0 Å². The van der Waals surface area contributed by atoms with Gasteiger partial charge in [-0.1, -0.05) is 20.3 Å². The maximum Gasteiger partial charge on any atom is 0.0474 e. The number of ether oxygens (including phenoxy) is 1. The van der Waals surface area contributed by atoms with E-state index in [9.17, 15) is 0 Å². The molecule has 0 aromatic rings. The minimum absolute atomic E-state index is 0.214. The topological polar surface area (TPSA) is 38.5 Å². The summed E-state index contributed by atoms with van der Waals surface area (Å²) in [5.41, 5.74) is 6.34. The van der Waals surface area contributed by atoms with E-state index >= 15 is 0 Å². The lowest BCUT2D eigenvalue weighted by molar-refractivity contribution is 0.0100. The van der Waals surface area contributed by atoms with E-state index in [1.165, 1.54) is 19.3 Å². The van der Waals surface area contributed by atoms with Crippen LogP contribution >= 0.6 is 0 Å². The minimum Gasteiger partial charge on any atom is -0.385 e. The van der Waals surface area contributed by atoms with Gasteiger partial charge in [-0.15, -0.1) is 0 Å². The molecule has 17 heavy (non-hydrogen) atoms. The first-order chi connectivity index (χ1) is 8.06. The van der Waals surface area contributed by atoms with Crippen molar-refractivity contribution in [3.05, 3.63) is 0 Å². The van der Waals surface area contributed by atoms with E-state index in [2.05, 4.69) is 25.8 Å². The van der Waals surface area contributed by atoms with Crippen LogP contribution in [0.15, 0.2) is 0 Å². The largest absolute Gasteiger partial charge is 0.385 e. The van der Waals surface area contributed by atoms with Gasteiger partial charge in [0.05, 0.1) is 0 Å². The molecule has 0 heterocycles. The Hall–Kier alpha value is -0.120. The molecule has 1 fully saturated rings. The summed E-state index contributed by atoms with van der Waals surface area (Å²) in [6, 6.07) is 0. The molecular formula is C14H30N2O. The molecule has 2 N–H and O–H groups in total. The molecule has 3 atom stereocenters. The van der Waals surface area contributed by atoms with Gasteiger partial charge in [-0.2, -0.15) is 0 Å². The molecule has 3 nitrogen and oxygen atoms in total. The standard InChI is InChI=1S/C14H30N2O/c1-12-6-7-13(2)14(10-12,11-15)16(3)8-5-9-17-4/h12-13H,5-11,15H2,1-4H3. The van der Waals surface area contributed by atoms with Gasteiger partial charge in [-0.05, 0) is 38.1 Å². The Bertz CT molecular complexity index is 222. The summed E-state index contributed by atoms with van der Waals surface area (Å²) in [6.07, 6.45) is 5.01. The maximum atomic E-state index is 6.12. The zero-order valence-electron chi connectivity index (χ0n) is 12.0. The Balaban J connectivity index is 2.64. The first-order valence-electron chi connectivity index (χ1n) is 6.97. The van der Waals surface area contributed by atoms with Gasteiger partial charge in [0.15, 0.2) is 0 Å². The molecule has 1 saturated carbocycles. The van der Waals surface area contributed by atoms with E-state index in [1.54, 1.807) is 7.11 Å². The van der Waals surface area contributed by atoms with Crippen LogP contribution in [0.4, 0.5) is 0 Å². The normalized spacial score (nSPS) is 34.2. The van der Waals surface area contributed by atoms with E-state index in [1.807, 2.05) is 0 Å². The smallest absolute Gasteiger partial charge is 0.0474 e. The van der Waals surface area contributed by atoms with Crippen LogP contribution in [0, 0.1) is 11.8 Å². The number of rotatable bonds is 6. The van der Waals surface area contributed by atoms with Crippen LogP contribution in [0.1, 0.15) is 39.5 Å². The Kier molecular flexibility index (Phi) is 5.90. The lowest BCUT2D eigenvalue weighted by Crippen LogP contribution is -2.59. The lowest BCUT2D eigenvalue weighted by Gasteiger charge is -2.50. The molecule has 0 spiro atoms. The van der Waals surface area contributed by atoms with Gasteiger partial charge >= 0.3 is 0 Å². The molecule has 3 unspecified atom stereocenters. The molecule has 1 aliphatic rings. The van der Waals surface area contributed by atoms with Crippen molar-refractivity contribution in [1.29, 1.82) is 0 Å². The Morgan fingerprint density at radius 2 is 2.06 bits per heavy atom. The Morgan fingerprint density at radius 1 is 1.35 bits per heavy atom. The van der Waals surface area contributed by atoms with E-state index in [4.69, 9.17) is 10.5 Å². The number of hydrogen-bond acceptors (Lipinski definition) is 3. The third kappa shape index (κ3) is 3.43. The van der Waals surface area contributed by atoms with Crippen LogP contribution in [0.25, 0.3) is 0 Å². The molecule has 0 saturated heterocycles. The van der Waals surface area contributed by atoms with Crippen molar-refractivity contribution < 1.29 is 4.74 Å². The predicted octanol–water partition coefficient (Wildman–Crippen LogP) is 2.11. The highest BCUT2D eigenvalue weighted by Gasteiger charge is 2.42. The first kappa shape index (κ1) is 14.9. The monoisotopic (exact) mass is 242 g/mol. The molecule has 1 rings (SSSR count). The lowest BCUT2D eigenvalue weighted by atomic mass is 9.68. The summed E-state index contributed by atoms with van der Waals surface area (Å²) >= 11 is 0. The van der Waals surface area contributed by atoms with Crippen molar-refractivity contribution in [2.45, 2.75) is 45.1 Å². The summed E-state index contributed by atoms with van der Waals surface area (Å²) in [5.74, 6) is 1.51. The van der Waals surface area contributed by atoms with Crippen LogP contribution in [0.2, 0.25) is 0 Å². The second-order valence-corrected chi connectivity index (χ2v) is 5.86. The van der Waals surface area contributed by atoms with Crippen molar-refractivity contribution in [3.63, 3.8) is 0 Å². The highest BCUT2D eigenvalue weighted by molar-refractivity contribution is 4.98. The van der Waals surface area contributed by atoms with Gasteiger partial charge in [0, 0.05) is 32.3 Å². The third-order valence-electron chi connectivity index (χ3n) is 4.67. The van der Waals surface area contributed by atoms with Crippen LogP contribution in [-0.4, -0.2) is 44.3 Å². The summed E-state index contributed by atoms with van der Waals surface area (Å²) in [6.45, 7) is 7.43. The van der Waals surface area contributed by atoms with Crippen LogP contribution in [-0.2, 0) is 4.74 Å². The van der Waals surface area contributed by atoms with Crippen molar-refractivity contribution in [3.8, 4) is 0 Å². The average molecular weight is 242 g/mol. The van der Waals surface area contributed by atoms with Gasteiger partial charge in [0.1, 0.15) is 0 Å². The van der Waals surface area contributed by atoms with Crippen molar-refractivity contribution in [2.24, 2.45) is 17.6 Å². The third-order valence-corrected chi connectivity index (χ3v) is 4.67. The summed E-state index contributed by atoms with van der Waals surface area (Å²) in [7, 11) is 4.00. The molecule has 0 aromatic carbocycles. The van der Waals surface area contributed by atoms with Crippen molar-refractivity contribution >= 4 is 0 Å². The number of methoxy groups -OCH3 is 1. The zero-order valence-corrected chi connectivity index (χ0v) is 12.0. The molecule has 1 aliphatic carbocycles. The molecule has 102 valence electrons. The fourth-order valence-electron chi connectivity index (χ4n) is 3.35. The number of nitrogens with two attached hydrogens (primary N) is 1. The quantitative estimate of drug-likeness (QED) is 0.725. The van der Waals surface area contributed by atoms with E-state index in [0.717, 1.165) is 32.0 Å². The van der Waals surface area contributed by atoms with Gasteiger partial charge in [-0.25, -0.2) is 0 Å². The van der Waals surface area contributed by atoms with E-state index in [-0.39, 0.29) is 5.54 Å². The van der Waals surface area contributed by atoms with Crippen molar-refractivity contribution in [2.75, 3.05) is 33.9 Å². The van der Waals surface area contributed by atoms with Gasteiger partial charge in [-0.3, -0.25) is 4.90 Å². The Labute approximate surface area is 107 Å². The number of likely N-dealkylation sites (N-methyl/N-ethyl adjacent to an activating group) is 1. The second-order valence-electron chi connectivity index (χ2n) is 5.86. The fraction of sp³-hybridized carbons (Fsp3) is 1.00. The number of hydrogen-bond donors (Lipinski definition) is 1. The summed E-state index contributed by atoms with van der Waals surface area (Å²) in [5, 5.41) is 0. The number of nitrogens with zero attached hydrogens (tertiary/aromatic N) is 1. The van der Waals surface area contributed by atoms with Crippen molar-refractivity contribution in [1.82, 2.24) is 4.90 Å². The first-order valence-corrected chi connectivity index (χ1v) is 6.97. The van der Waals surface area contributed by atoms with E-state index in [0.29, 0.717) is 5.92 Å². The molecule has 3 heteroatoms. The highest BCUT2D eigenvalue weighted by Crippen LogP contribution is 2.39. The zero-order chi connectivity index (χ0) is 12.9. The molecule has 0 amide bonds. The molecule has 0 radical (unpaired) electrons. The minimum atomic E-state index is 0.214. The molecule has 0 aromatic heterocycles. The Morgan fingerprint density at radius 3 is 2.65 bits per heavy atom. The maximum absolute atomic E-state index is 6.12. The molecule has 0 bridgehead atoms. The average Bonchev–Trinajstić information content (AvgIpc) is 2.32.